The molecular weight excluding hydrogens is 699 g/mol. The quantitative estimate of drug-likeness (QED) is 0.0966. The summed E-state index contributed by atoms with van der Waals surface area (Å²) in [5.41, 5.74) is 4.75. The minimum absolute atomic E-state index is 0.00101. The molecule has 0 radical (unpaired) electrons. The molecule has 7 rings (SSSR count). The fourth-order valence-corrected chi connectivity index (χ4v) is 7.70. The van der Waals surface area contributed by atoms with Gasteiger partial charge in [-0.3, -0.25) is 37.7 Å². The number of imidazole rings is 1. The molecule has 22 heteroatoms. The molecule has 3 aromatic heterocycles. The number of rotatable bonds is 12. The van der Waals surface area contributed by atoms with Gasteiger partial charge in [0.1, 0.15) is 36.7 Å². The molecule has 7 N–H and O–H groups in total. The molecule has 0 aliphatic carbocycles. The van der Waals surface area contributed by atoms with Crippen molar-refractivity contribution >= 4 is 24.9 Å². The summed E-state index contributed by atoms with van der Waals surface area (Å²) in [7, 11) is -3.06. The van der Waals surface area contributed by atoms with E-state index in [0.29, 0.717) is 17.1 Å². The lowest BCUT2D eigenvalue weighted by Crippen LogP contribution is -2.36. The number of hydrogen-bond donors (Lipinski definition) is 6. The van der Waals surface area contributed by atoms with E-state index in [-0.39, 0.29) is 42.4 Å². The molecule has 51 heavy (non-hydrogen) atoms. The van der Waals surface area contributed by atoms with Gasteiger partial charge in [-0.25, -0.2) is 19.4 Å². The Labute approximate surface area is 286 Å². The maximum atomic E-state index is 14.6. The average Bonchev–Trinajstić information content (AvgIpc) is 3.90. The van der Waals surface area contributed by atoms with Crippen LogP contribution < -0.4 is 37.1 Å². The monoisotopic (exact) mass is 734 g/mol. The number of hydrogen-bond acceptors (Lipinski definition) is 16. The van der Waals surface area contributed by atoms with E-state index in [1.165, 1.54) is 31.1 Å². The maximum Gasteiger partial charge on any atom is 0.406 e. The van der Waals surface area contributed by atoms with Crippen molar-refractivity contribution in [2.75, 3.05) is 32.9 Å². The van der Waals surface area contributed by atoms with E-state index >= 15 is 0 Å². The van der Waals surface area contributed by atoms with Gasteiger partial charge in [0.05, 0.1) is 19.5 Å². The van der Waals surface area contributed by atoms with E-state index in [0.717, 1.165) is 4.57 Å². The first kappa shape index (κ1) is 35.0. The van der Waals surface area contributed by atoms with Crippen molar-refractivity contribution < 1.29 is 47.5 Å². The van der Waals surface area contributed by atoms with Crippen molar-refractivity contribution in [1.29, 1.82) is 0 Å². The van der Waals surface area contributed by atoms with Gasteiger partial charge in [0.15, 0.2) is 28.9 Å². The number of aromatic amines is 2. The largest absolute Gasteiger partial charge is 0.454 e. The SMILES string of the molecule is CO[C@@H]1C(O)[C@@H](COP(=O)(NCc2cccc3c2OCO3)OC2C[C@H](n3cc(C)c(=O)[nH]c3=O)O[C@@H]2CO)O[C@H]1n1cnc2c(=O)[nH]c(N)nc21. The van der Waals surface area contributed by atoms with Gasteiger partial charge in [-0.1, -0.05) is 12.1 Å². The summed E-state index contributed by atoms with van der Waals surface area (Å²) in [6.45, 7) is 0.347. The number of ether oxygens (including phenoxy) is 5. The Morgan fingerprint density at radius 1 is 1.14 bits per heavy atom. The second-order valence-electron chi connectivity index (χ2n) is 12.0. The van der Waals surface area contributed by atoms with Gasteiger partial charge in [0.2, 0.25) is 12.7 Å². The molecule has 2 saturated heterocycles. The zero-order valence-electron chi connectivity index (χ0n) is 27.2. The summed E-state index contributed by atoms with van der Waals surface area (Å²) >= 11 is 0. The molecule has 3 aliphatic rings. The second-order valence-corrected chi connectivity index (χ2v) is 13.8. The van der Waals surface area contributed by atoms with Gasteiger partial charge in [-0.05, 0) is 13.0 Å². The number of aromatic nitrogens is 6. The van der Waals surface area contributed by atoms with Gasteiger partial charge in [-0.2, -0.15) is 4.98 Å². The first-order valence-electron chi connectivity index (χ1n) is 15.7. The topological polar surface area (TPSA) is 279 Å². The predicted molar refractivity (Wildman–Crippen MR) is 173 cm³/mol. The van der Waals surface area contributed by atoms with Crippen molar-refractivity contribution in [2.45, 2.75) is 62.9 Å². The fraction of sp³-hybridized carbons (Fsp3) is 0.483. The highest BCUT2D eigenvalue weighted by Gasteiger charge is 2.48. The highest BCUT2D eigenvalue weighted by Crippen LogP contribution is 2.50. The summed E-state index contributed by atoms with van der Waals surface area (Å²) in [4.78, 5) is 49.7. The number of methoxy groups -OCH3 is 1. The van der Waals surface area contributed by atoms with Crippen LogP contribution in [0.3, 0.4) is 0 Å². The van der Waals surface area contributed by atoms with Crippen LogP contribution in [0.5, 0.6) is 11.5 Å². The third kappa shape index (κ3) is 6.70. The standard InChI is InChI=1S/C29H35N8O13P/c1-13-8-36(29(42)35-25(13)40)19-6-16(17(9-38)48-19)50-51(43,32-7-14-4-3-5-15-22(14)46-12-45-15)47-10-18-21(39)23(44-2)27(49-18)37-11-31-20-24(37)33-28(30)34-26(20)41/h3-5,8,11,16-19,21,23,27,38-39H,6-7,9-10,12H2,1-2H3,(H,32,43)(H,35,40,42)(H3,30,33,34,41)/t16?,17-,18-,19-,21?,23-,27-,51?/m1/s1. The zero-order chi connectivity index (χ0) is 36.0. The molecule has 0 amide bonds. The maximum absolute atomic E-state index is 14.6. The summed E-state index contributed by atoms with van der Waals surface area (Å²) < 4.78 is 57.6. The molecule has 1 aromatic carbocycles. The number of benzene rings is 1. The Hall–Kier alpha value is -4.44. The van der Waals surface area contributed by atoms with E-state index in [4.69, 9.17) is 38.5 Å². The van der Waals surface area contributed by atoms with Crippen LogP contribution in [-0.2, 0) is 34.4 Å². The molecule has 3 unspecified atom stereocenters. The number of nitrogen functional groups attached to an aromatic ring is 1. The first-order chi connectivity index (χ1) is 24.5. The van der Waals surface area contributed by atoms with Crippen molar-refractivity contribution in [3.05, 3.63) is 73.0 Å². The summed E-state index contributed by atoms with van der Waals surface area (Å²) in [6.07, 6.45) is -5.16. The Morgan fingerprint density at radius 3 is 2.75 bits per heavy atom. The van der Waals surface area contributed by atoms with Crippen molar-refractivity contribution in [2.24, 2.45) is 0 Å². The van der Waals surface area contributed by atoms with Gasteiger partial charge < -0.3 is 39.6 Å². The number of anilines is 1. The number of nitrogens with two attached hydrogens (primary N) is 1. The normalized spacial score (nSPS) is 26.9. The highest BCUT2D eigenvalue weighted by molar-refractivity contribution is 7.51. The second kappa shape index (κ2) is 13.9. The van der Waals surface area contributed by atoms with Crippen molar-refractivity contribution in [3.8, 4) is 11.5 Å². The Morgan fingerprint density at radius 2 is 1.96 bits per heavy atom. The number of nitrogens with zero attached hydrogens (tertiary/aromatic N) is 4. The van der Waals surface area contributed by atoms with E-state index in [9.17, 15) is 29.2 Å². The third-order valence-electron chi connectivity index (χ3n) is 8.75. The summed E-state index contributed by atoms with van der Waals surface area (Å²) in [6, 6.07) is 5.16. The van der Waals surface area contributed by atoms with Crippen LogP contribution in [0.2, 0.25) is 0 Å². The highest BCUT2D eigenvalue weighted by atomic mass is 31.2. The molecule has 4 aromatic rings. The molecule has 2 fully saturated rings. The van der Waals surface area contributed by atoms with E-state index < -0.39 is 80.7 Å². The Balaban J connectivity index is 1.13. The van der Waals surface area contributed by atoms with Gasteiger partial charge in [0, 0.05) is 37.4 Å². The average molecular weight is 735 g/mol. The number of para-hydroxylation sites is 1. The number of H-pyrrole nitrogens is 2. The van der Waals surface area contributed by atoms with Crippen LogP contribution >= 0.6 is 7.75 Å². The molecule has 3 aliphatic heterocycles. The van der Waals surface area contributed by atoms with Crippen LogP contribution in [0.15, 0.2) is 45.1 Å². The van der Waals surface area contributed by atoms with Crippen molar-refractivity contribution in [3.63, 3.8) is 0 Å². The molecule has 6 heterocycles. The number of fused-ring (bicyclic) bond motifs is 2. The lowest BCUT2D eigenvalue weighted by Gasteiger charge is -2.26. The number of aliphatic hydroxyl groups is 2. The van der Waals surface area contributed by atoms with E-state index in [2.05, 4.69) is 25.0 Å². The fourth-order valence-electron chi connectivity index (χ4n) is 6.19. The minimum Gasteiger partial charge on any atom is -0.454 e. The number of aryl methyl sites for hydroxylation is 1. The summed E-state index contributed by atoms with van der Waals surface area (Å²) in [5, 5.41) is 24.2. The molecule has 8 atom stereocenters. The Bertz CT molecular complexity index is 2150. The van der Waals surface area contributed by atoms with Crippen LogP contribution in [0.1, 0.15) is 30.0 Å². The van der Waals surface area contributed by atoms with Crippen LogP contribution in [0, 0.1) is 6.92 Å². The molecule has 21 nitrogen and oxygen atoms in total. The first-order valence-corrected chi connectivity index (χ1v) is 17.3. The molecule has 0 bridgehead atoms. The number of nitrogens with one attached hydrogen (secondary N) is 3. The third-order valence-corrected chi connectivity index (χ3v) is 10.3. The minimum atomic E-state index is -4.40. The predicted octanol–water partition coefficient (Wildman–Crippen LogP) is -0.858. The van der Waals surface area contributed by atoms with Crippen LogP contribution in [-0.4, -0.2) is 96.9 Å². The van der Waals surface area contributed by atoms with Crippen LogP contribution in [0.4, 0.5) is 5.95 Å². The number of aliphatic hydroxyl groups excluding tert-OH is 2. The zero-order valence-corrected chi connectivity index (χ0v) is 28.1. The van der Waals surface area contributed by atoms with Gasteiger partial charge >= 0.3 is 13.4 Å². The van der Waals surface area contributed by atoms with Gasteiger partial charge in [0.25, 0.3) is 11.1 Å². The van der Waals surface area contributed by atoms with Gasteiger partial charge in [-0.15, -0.1) is 0 Å². The smallest absolute Gasteiger partial charge is 0.406 e. The van der Waals surface area contributed by atoms with Crippen LogP contribution in [0.25, 0.3) is 11.2 Å². The molecular formula is C29H35N8O13P. The summed E-state index contributed by atoms with van der Waals surface area (Å²) in [5.74, 6) is 0.763. The Kier molecular flexibility index (Phi) is 9.56. The van der Waals surface area contributed by atoms with Crippen molar-refractivity contribution in [1.82, 2.24) is 34.2 Å². The van der Waals surface area contributed by atoms with E-state index in [1.54, 1.807) is 18.2 Å². The lowest BCUT2D eigenvalue weighted by atomic mass is 10.1. The lowest BCUT2D eigenvalue weighted by molar-refractivity contribution is -0.0600. The molecule has 0 spiro atoms. The molecule has 274 valence electrons. The van der Waals surface area contributed by atoms with E-state index in [1.807, 2.05) is 0 Å². The molecule has 0 saturated carbocycles.